The van der Waals surface area contributed by atoms with E-state index in [1.165, 1.54) is 0 Å². The van der Waals surface area contributed by atoms with Gasteiger partial charge in [0.15, 0.2) is 5.82 Å². The number of nitrogens with zero attached hydrogens (tertiary/aromatic N) is 15. The van der Waals surface area contributed by atoms with Crippen LogP contribution in [-0.4, -0.2) is 200 Å². The standard InChI is InChI=1S/C33H38N6O2.C31H37N7O2.C31H34N6O2/c1-22-19-23(2)31(36-26-13-15-37(16-14-26)28-12-8-7-9-25(28)20-34)24(3)30(22)33(41)38-17-18-39(29(21-38)32(35)40)27-10-5-4-6-11-27;1-21-17-22(2)30(34-25-10-13-36(14-11-25)27-8-5-4-7-24(27)18-32)23(3)29(21)31(40)37-15-16-38(26(19-37)20-39)28-9-6-12-33-35-28;1-21-18-22(2)30(34-25-11-14-35(15-12-25)26-9-5-4-8-24(26)19-32)23(3)29(21)31(39)36-16-17-37(28(38)20-36)27-10-6-7-13-33-27/h4-12,19,26,29,36H,13-18,21H2,1-3H3,(H2,35,40);4-9,12,17,25-26,34,39H,10-11,13-16,19-20H2,1-3H3;4-10,13,18,25,34H,11-12,14-17,20H2,1-3H3/t;26-;/m.0./s1. The first-order valence-corrected chi connectivity index (χ1v) is 41.8. The van der Waals surface area contributed by atoms with E-state index >= 15 is 0 Å². The molecule has 2 aromatic heterocycles. The molecule has 8 heterocycles. The average molecular weight is 1610 g/mol. The van der Waals surface area contributed by atoms with Crippen LogP contribution in [0.5, 0.6) is 0 Å². The SMILES string of the molecule is Cc1cc(C)c(C(=O)N2CCN(c3ccccc3)C(C(N)=O)C2)c(C)c1NC1CCN(c2ccccc2C#N)CC1.Cc1cc(C)c(C(=O)N2CCN(c3ccccn3)C(=O)C2)c(C)c1NC1CCN(c2ccccc2C#N)CC1.Cc1cc(C)c(C(=O)N2CCN(c3cccnn3)[C@H](CO)C2)c(C)c1NC1CCN(c2ccccc2C#N)CC1. The van der Waals surface area contributed by atoms with E-state index in [1.807, 2.05) is 190 Å². The summed E-state index contributed by atoms with van der Waals surface area (Å²) in [5, 5.41) is 58.0. The van der Waals surface area contributed by atoms with Gasteiger partial charge in [-0.3, -0.25) is 28.9 Å². The highest BCUT2D eigenvalue weighted by Gasteiger charge is 2.38. The number of pyridine rings is 1. The van der Waals surface area contributed by atoms with Gasteiger partial charge in [-0.05, 0) is 224 Å². The number of anilines is 9. The predicted molar refractivity (Wildman–Crippen MR) is 473 cm³/mol. The average Bonchev–Trinajstić information content (AvgIpc) is 0.780. The van der Waals surface area contributed by atoms with Crippen molar-refractivity contribution in [3.63, 3.8) is 0 Å². The van der Waals surface area contributed by atoms with E-state index in [0.717, 1.165) is 173 Å². The smallest absolute Gasteiger partial charge is 0.255 e. The molecule has 0 radical (unpaired) electrons. The Morgan fingerprint density at radius 2 is 0.833 bits per heavy atom. The van der Waals surface area contributed by atoms with Gasteiger partial charge in [0.1, 0.15) is 36.6 Å². The van der Waals surface area contributed by atoms with Crippen LogP contribution in [0.3, 0.4) is 0 Å². The number of hydrogen-bond donors (Lipinski definition) is 5. The molecule has 6 fully saturated rings. The van der Waals surface area contributed by atoms with Gasteiger partial charge in [0, 0.05) is 155 Å². The number of hydrogen-bond acceptors (Lipinski definition) is 20. The zero-order valence-corrected chi connectivity index (χ0v) is 70.3. The predicted octanol–water partition coefficient (Wildman–Crippen LogP) is 12.5. The third-order valence-electron chi connectivity index (χ3n) is 24.5. The maximum Gasteiger partial charge on any atom is 0.255 e. The Bertz CT molecular complexity index is 5330. The molecule has 15 rings (SSSR count). The summed E-state index contributed by atoms with van der Waals surface area (Å²) in [6, 6.07) is 55.4. The molecular formula is C95H109N19O6. The van der Waals surface area contributed by atoms with Crippen LogP contribution in [0.25, 0.3) is 0 Å². The van der Waals surface area contributed by atoms with Crippen LogP contribution in [0.4, 0.5) is 51.4 Å². The van der Waals surface area contributed by atoms with Crippen LogP contribution in [0.2, 0.25) is 0 Å². The van der Waals surface area contributed by atoms with Crippen molar-refractivity contribution in [1.82, 2.24) is 29.9 Å². The van der Waals surface area contributed by atoms with E-state index in [-0.39, 0.29) is 67.5 Å². The monoisotopic (exact) mass is 1610 g/mol. The fourth-order valence-electron chi connectivity index (χ4n) is 18.3. The lowest BCUT2D eigenvalue weighted by Crippen LogP contribution is -2.59. The number of nitrogens with two attached hydrogens (primary N) is 1. The maximum atomic E-state index is 14.0. The summed E-state index contributed by atoms with van der Waals surface area (Å²) >= 11 is 0. The van der Waals surface area contributed by atoms with Crippen molar-refractivity contribution >= 4 is 81.0 Å². The highest BCUT2D eigenvalue weighted by atomic mass is 16.3. The molecule has 9 aromatic rings. The fraction of sp³-hybridized carbons (Fsp3) is 0.379. The second kappa shape index (κ2) is 38.6. The second-order valence-electron chi connectivity index (χ2n) is 32.3. The number of carbonyl (C=O) groups is 5. The molecule has 2 atom stereocenters. The summed E-state index contributed by atoms with van der Waals surface area (Å²) in [5.41, 5.74) is 26.0. The first-order valence-electron chi connectivity index (χ1n) is 41.8. The Morgan fingerprint density at radius 1 is 0.442 bits per heavy atom. The van der Waals surface area contributed by atoms with E-state index in [4.69, 9.17) is 5.73 Å². The van der Waals surface area contributed by atoms with Crippen LogP contribution in [-0.2, 0) is 9.59 Å². The zero-order chi connectivity index (χ0) is 84.8. The number of primary amides is 1. The highest BCUT2D eigenvalue weighted by Crippen LogP contribution is 2.37. The van der Waals surface area contributed by atoms with Gasteiger partial charge >= 0.3 is 0 Å². The topological polar surface area (TPSA) is 307 Å². The molecule has 6 saturated heterocycles. The Kier molecular flexibility index (Phi) is 27.3. The fourth-order valence-corrected chi connectivity index (χ4v) is 18.3. The van der Waals surface area contributed by atoms with Crippen molar-refractivity contribution in [3.05, 3.63) is 248 Å². The van der Waals surface area contributed by atoms with Gasteiger partial charge in [-0.1, -0.05) is 78.9 Å². The molecule has 120 heavy (non-hydrogen) atoms. The summed E-state index contributed by atoms with van der Waals surface area (Å²) in [7, 11) is 0. The minimum Gasteiger partial charge on any atom is -0.394 e. The van der Waals surface area contributed by atoms with Crippen molar-refractivity contribution < 1.29 is 29.1 Å². The quantitative estimate of drug-likeness (QED) is 0.0566. The lowest BCUT2D eigenvalue weighted by Gasteiger charge is -2.41. The van der Waals surface area contributed by atoms with Crippen molar-refractivity contribution in [2.24, 2.45) is 5.73 Å². The second-order valence-corrected chi connectivity index (χ2v) is 32.3. The molecule has 6 N–H and O–H groups in total. The number of aryl methyl sites for hydroxylation is 6. The van der Waals surface area contributed by atoms with Gasteiger partial charge in [-0.2, -0.15) is 20.9 Å². The third-order valence-corrected chi connectivity index (χ3v) is 24.5. The highest BCUT2D eigenvalue weighted by molar-refractivity contribution is 6.04. The van der Waals surface area contributed by atoms with Crippen LogP contribution in [0, 0.1) is 96.3 Å². The molecule has 0 aliphatic carbocycles. The number of rotatable bonds is 17. The van der Waals surface area contributed by atoms with Gasteiger partial charge < -0.3 is 66.0 Å². The number of benzene rings is 7. The lowest BCUT2D eigenvalue weighted by atomic mass is 9.94. The molecule has 0 saturated carbocycles. The number of aromatic nitrogens is 3. The summed E-state index contributed by atoms with van der Waals surface area (Å²) in [4.78, 5) is 89.1. The Labute approximate surface area is 704 Å². The Morgan fingerprint density at radius 3 is 1.23 bits per heavy atom. The number of nitrogens with one attached hydrogen (secondary N) is 3. The van der Waals surface area contributed by atoms with Crippen molar-refractivity contribution in [3.8, 4) is 18.2 Å². The van der Waals surface area contributed by atoms with E-state index in [1.54, 1.807) is 27.1 Å². The minimum atomic E-state index is -0.588. The number of para-hydroxylation sites is 4. The molecule has 6 aliphatic rings. The number of aliphatic hydroxyl groups is 1. The van der Waals surface area contributed by atoms with Gasteiger partial charge in [0.2, 0.25) is 11.8 Å². The first-order chi connectivity index (χ1) is 58.1. The summed E-state index contributed by atoms with van der Waals surface area (Å²) < 4.78 is 0. The molecule has 620 valence electrons. The van der Waals surface area contributed by atoms with Crippen LogP contribution < -0.4 is 51.1 Å². The van der Waals surface area contributed by atoms with Crippen LogP contribution >= 0.6 is 0 Å². The van der Waals surface area contributed by atoms with Gasteiger partial charge in [0.05, 0.1) is 52.9 Å². The number of nitriles is 3. The van der Waals surface area contributed by atoms with Gasteiger partial charge in [0.25, 0.3) is 17.7 Å². The summed E-state index contributed by atoms with van der Waals surface area (Å²) in [6.45, 7) is 27.1. The normalized spacial score (nSPS) is 17.3. The number of piperidine rings is 3. The molecule has 6 aliphatic heterocycles. The maximum absolute atomic E-state index is 14.0. The molecule has 1 unspecified atom stereocenters. The van der Waals surface area contributed by atoms with E-state index in [0.29, 0.717) is 85.3 Å². The number of amides is 5. The van der Waals surface area contributed by atoms with Crippen LogP contribution in [0.15, 0.2) is 164 Å². The van der Waals surface area contributed by atoms with Gasteiger partial charge in [-0.15, -0.1) is 5.10 Å². The molecule has 5 amide bonds. The molecule has 25 heteroatoms. The van der Waals surface area contributed by atoms with E-state index in [9.17, 15) is 44.9 Å². The molecule has 25 nitrogen and oxygen atoms in total. The van der Waals surface area contributed by atoms with E-state index in [2.05, 4.69) is 103 Å². The van der Waals surface area contributed by atoms with E-state index < -0.39 is 11.9 Å². The number of aliphatic hydroxyl groups excluding tert-OH is 1. The lowest BCUT2D eigenvalue weighted by molar-refractivity contribution is -0.121. The summed E-state index contributed by atoms with van der Waals surface area (Å²) in [5.74, 6) is 0.595. The Balaban J connectivity index is 0.000000156. The molecular weight excluding hydrogens is 1500 g/mol. The number of carbonyl (C=O) groups excluding carboxylic acids is 5. The first kappa shape index (κ1) is 84.9. The molecule has 7 aromatic carbocycles. The molecule has 0 bridgehead atoms. The Hall–Kier alpha value is -13.1. The minimum absolute atomic E-state index is 0.00164. The van der Waals surface area contributed by atoms with Crippen molar-refractivity contribution in [2.45, 2.75) is 131 Å². The summed E-state index contributed by atoms with van der Waals surface area (Å²) in [6.07, 6.45) is 8.90. The van der Waals surface area contributed by atoms with Crippen LogP contribution in [0.1, 0.15) is 136 Å². The largest absolute Gasteiger partial charge is 0.394 e. The van der Waals surface area contributed by atoms with Gasteiger partial charge in [-0.25, -0.2) is 4.98 Å². The van der Waals surface area contributed by atoms with Crippen molar-refractivity contribution in [1.29, 1.82) is 15.8 Å². The molecule has 0 spiro atoms. The van der Waals surface area contributed by atoms with Crippen molar-refractivity contribution in [2.75, 3.05) is 150 Å². The zero-order valence-electron chi connectivity index (χ0n) is 70.3. The third kappa shape index (κ3) is 18.9. The number of piperazine rings is 3.